The number of anilines is 1. The molecule has 1 N–H and O–H groups in total. The molecule has 0 heterocycles. The summed E-state index contributed by atoms with van der Waals surface area (Å²) in [7, 11) is -3.02. The fraction of sp³-hybridized carbons (Fsp3) is 0.333. The number of ether oxygens (including phenoxy) is 1. The van der Waals surface area contributed by atoms with Crippen molar-refractivity contribution in [2.75, 3.05) is 18.0 Å². The number of sulfonamides is 1. The van der Waals surface area contributed by atoms with Crippen LogP contribution < -0.4 is 14.4 Å². The summed E-state index contributed by atoms with van der Waals surface area (Å²) in [5.74, 6) is -0.560. The Morgan fingerprint density at radius 2 is 1.60 bits per heavy atom. The lowest BCUT2D eigenvalue weighted by Gasteiger charge is -2.32. The van der Waals surface area contributed by atoms with Crippen LogP contribution in [-0.4, -0.2) is 55.8 Å². The highest BCUT2D eigenvalue weighted by Gasteiger charge is 2.33. The summed E-state index contributed by atoms with van der Waals surface area (Å²) < 4.78 is 34.1. The fourth-order valence-corrected chi connectivity index (χ4v) is 5.66. The van der Waals surface area contributed by atoms with E-state index in [2.05, 4.69) is 5.32 Å². The van der Waals surface area contributed by atoms with Gasteiger partial charge in [-0.15, -0.1) is 0 Å². The number of nitrogens with zero attached hydrogens (tertiary/aromatic N) is 3. The van der Waals surface area contributed by atoms with Gasteiger partial charge in [-0.2, -0.15) is 0 Å². The van der Waals surface area contributed by atoms with E-state index in [9.17, 15) is 28.1 Å². The van der Waals surface area contributed by atoms with Gasteiger partial charge < -0.3 is 15.0 Å². The van der Waals surface area contributed by atoms with E-state index in [4.69, 9.17) is 4.74 Å². The zero-order valence-electron chi connectivity index (χ0n) is 24.5. The number of benzene rings is 3. The Kier molecular flexibility index (Phi) is 10.3. The van der Waals surface area contributed by atoms with E-state index in [1.807, 2.05) is 31.2 Å². The number of amides is 2. The maximum absolute atomic E-state index is 14.0. The molecule has 0 bridgehead atoms. The topological polar surface area (TPSA) is 139 Å². The van der Waals surface area contributed by atoms with Gasteiger partial charge >= 0.3 is 0 Å². The average Bonchev–Trinajstić information content (AvgIpc) is 2.94. The van der Waals surface area contributed by atoms with Crippen LogP contribution in [0.1, 0.15) is 37.5 Å². The second-order valence-electron chi connectivity index (χ2n) is 10.3. The van der Waals surface area contributed by atoms with E-state index in [-0.39, 0.29) is 28.9 Å². The van der Waals surface area contributed by atoms with Gasteiger partial charge in [-0.3, -0.25) is 24.0 Å². The van der Waals surface area contributed by atoms with E-state index in [1.165, 1.54) is 43.2 Å². The number of hydrogen-bond acceptors (Lipinski definition) is 7. The minimum absolute atomic E-state index is 0.0539. The summed E-state index contributed by atoms with van der Waals surface area (Å²) in [5.41, 5.74) is 1.84. The number of nitro benzene ring substituents is 1. The third-order valence-electron chi connectivity index (χ3n) is 6.68. The Bertz CT molecular complexity index is 1540. The first-order valence-corrected chi connectivity index (χ1v) is 14.8. The monoisotopic (exact) mass is 596 g/mol. The predicted molar refractivity (Wildman–Crippen MR) is 160 cm³/mol. The maximum atomic E-state index is 14.0. The van der Waals surface area contributed by atoms with Gasteiger partial charge in [-0.25, -0.2) is 8.42 Å². The first-order valence-electron chi connectivity index (χ1n) is 13.3. The summed E-state index contributed by atoms with van der Waals surface area (Å²) in [6.07, 6.45) is 0. The minimum Gasteiger partial charge on any atom is -0.497 e. The van der Waals surface area contributed by atoms with Crippen LogP contribution in [0.4, 0.5) is 11.4 Å². The second kappa shape index (κ2) is 13.5. The highest BCUT2D eigenvalue weighted by molar-refractivity contribution is 7.92. The quantitative estimate of drug-likeness (QED) is 0.242. The molecular formula is C30H36N4O7S. The molecule has 0 aliphatic heterocycles. The maximum Gasteiger partial charge on any atom is 0.273 e. The van der Waals surface area contributed by atoms with E-state index in [0.29, 0.717) is 11.3 Å². The standard InChI is InChI=1S/C30H36N4O7S/c1-20(2)31-30(36)23(5)32(18-24-10-7-21(3)8-11-24)29(35)19-33(25-12-14-26(41-6)15-13-25)42(39,40)27-16-9-22(4)28(17-27)34(37)38/h7-17,20,23H,18-19H2,1-6H3,(H,31,36)/t23-/m1/s1. The highest BCUT2D eigenvalue weighted by Crippen LogP contribution is 2.29. The largest absolute Gasteiger partial charge is 0.497 e. The van der Waals surface area contributed by atoms with Crippen LogP contribution in [0.15, 0.2) is 71.6 Å². The minimum atomic E-state index is -4.48. The number of nitrogens with one attached hydrogen (secondary N) is 1. The van der Waals surface area contributed by atoms with Crippen LogP contribution >= 0.6 is 0 Å². The molecule has 224 valence electrons. The number of rotatable bonds is 12. The van der Waals surface area contributed by atoms with E-state index >= 15 is 0 Å². The van der Waals surface area contributed by atoms with Crippen molar-refractivity contribution in [3.63, 3.8) is 0 Å². The third kappa shape index (κ3) is 7.64. The zero-order valence-corrected chi connectivity index (χ0v) is 25.3. The molecule has 2 amide bonds. The average molecular weight is 597 g/mol. The molecule has 12 heteroatoms. The molecule has 0 aromatic heterocycles. The van der Waals surface area contributed by atoms with Gasteiger partial charge in [0.1, 0.15) is 18.3 Å². The number of carbonyl (C=O) groups is 2. The molecule has 0 radical (unpaired) electrons. The van der Waals surface area contributed by atoms with Gasteiger partial charge in [0.15, 0.2) is 0 Å². The molecular weight excluding hydrogens is 560 g/mol. The fourth-order valence-electron chi connectivity index (χ4n) is 4.23. The SMILES string of the molecule is COc1ccc(N(CC(=O)N(Cc2ccc(C)cc2)[C@H](C)C(=O)NC(C)C)S(=O)(=O)c2ccc(C)c([N+](=O)[O-])c2)cc1. The van der Waals surface area contributed by atoms with Gasteiger partial charge in [-0.1, -0.05) is 35.9 Å². The van der Waals surface area contributed by atoms with Crippen molar-refractivity contribution in [3.05, 3.63) is 93.5 Å². The molecule has 0 saturated carbocycles. The molecule has 0 aliphatic carbocycles. The van der Waals surface area contributed by atoms with Crippen LogP contribution in [0.3, 0.4) is 0 Å². The lowest BCUT2D eigenvalue weighted by molar-refractivity contribution is -0.385. The summed E-state index contributed by atoms with van der Waals surface area (Å²) in [6, 6.07) is 16.0. The lowest BCUT2D eigenvalue weighted by Crippen LogP contribution is -2.52. The third-order valence-corrected chi connectivity index (χ3v) is 8.45. The predicted octanol–water partition coefficient (Wildman–Crippen LogP) is 4.36. The smallest absolute Gasteiger partial charge is 0.273 e. The van der Waals surface area contributed by atoms with Crippen molar-refractivity contribution in [1.29, 1.82) is 0 Å². The Morgan fingerprint density at radius 1 is 0.976 bits per heavy atom. The van der Waals surface area contributed by atoms with E-state index in [0.717, 1.165) is 21.5 Å². The molecule has 42 heavy (non-hydrogen) atoms. The molecule has 1 atom stereocenters. The summed E-state index contributed by atoms with van der Waals surface area (Å²) in [4.78, 5) is 38.9. The Hall–Kier alpha value is -4.45. The summed E-state index contributed by atoms with van der Waals surface area (Å²) in [6.45, 7) is 8.01. The molecule has 3 rings (SSSR count). The molecule has 0 saturated heterocycles. The lowest BCUT2D eigenvalue weighted by atomic mass is 10.1. The van der Waals surface area contributed by atoms with Crippen LogP contribution in [0.2, 0.25) is 0 Å². The normalized spacial score (nSPS) is 12.0. The van der Waals surface area contributed by atoms with Crippen molar-refractivity contribution >= 4 is 33.2 Å². The van der Waals surface area contributed by atoms with Crippen molar-refractivity contribution in [3.8, 4) is 5.75 Å². The Labute approximate surface area is 246 Å². The molecule has 3 aromatic rings. The molecule has 0 spiro atoms. The van der Waals surface area contributed by atoms with Crippen molar-refractivity contribution in [2.45, 2.75) is 58.1 Å². The molecule has 0 aliphatic rings. The van der Waals surface area contributed by atoms with Crippen LogP contribution in [0, 0.1) is 24.0 Å². The Morgan fingerprint density at radius 3 is 2.14 bits per heavy atom. The van der Waals surface area contributed by atoms with E-state index in [1.54, 1.807) is 32.9 Å². The number of nitro groups is 1. The van der Waals surface area contributed by atoms with Gasteiger partial charge in [0, 0.05) is 24.2 Å². The summed E-state index contributed by atoms with van der Waals surface area (Å²) >= 11 is 0. The van der Waals surface area contributed by atoms with Gasteiger partial charge in [0.25, 0.3) is 15.7 Å². The van der Waals surface area contributed by atoms with Gasteiger partial charge in [-0.05, 0) is 70.5 Å². The van der Waals surface area contributed by atoms with Gasteiger partial charge in [0.05, 0.1) is 22.6 Å². The van der Waals surface area contributed by atoms with Gasteiger partial charge in [0.2, 0.25) is 11.8 Å². The Balaban J connectivity index is 2.09. The molecule has 0 fully saturated rings. The van der Waals surface area contributed by atoms with Crippen molar-refractivity contribution in [2.24, 2.45) is 0 Å². The number of aryl methyl sites for hydroxylation is 2. The zero-order chi connectivity index (χ0) is 31.2. The summed E-state index contributed by atoms with van der Waals surface area (Å²) in [5, 5.41) is 14.4. The van der Waals surface area contributed by atoms with Crippen molar-refractivity contribution in [1.82, 2.24) is 10.2 Å². The first-order chi connectivity index (χ1) is 19.7. The first kappa shape index (κ1) is 32.1. The number of hydrogen-bond donors (Lipinski definition) is 1. The highest BCUT2D eigenvalue weighted by atomic mass is 32.2. The molecule has 0 unspecified atom stereocenters. The van der Waals surface area contributed by atoms with Crippen LogP contribution in [0.5, 0.6) is 5.75 Å². The van der Waals surface area contributed by atoms with E-state index < -0.39 is 39.3 Å². The molecule has 3 aromatic carbocycles. The molecule has 11 nitrogen and oxygen atoms in total. The second-order valence-corrected chi connectivity index (χ2v) is 12.1. The number of methoxy groups -OCH3 is 1. The van der Waals surface area contributed by atoms with Crippen LogP contribution in [0.25, 0.3) is 0 Å². The van der Waals surface area contributed by atoms with Crippen molar-refractivity contribution < 1.29 is 27.7 Å². The number of carbonyl (C=O) groups excluding carboxylic acids is 2. The van der Waals surface area contributed by atoms with Crippen LogP contribution in [-0.2, 0) is 26.2 Å².